The van der Waals surface area contributed by atoms with Gasteiger partial charge in [-0.15, -0.1) is 0 Å². The number of nitrogens with two attached hydrogens (primary N) is 1. The van der Waals surface area contributed by atoms with Crippen LogP contribution < -0.4 is 5.73 Å². The second-order valence-corrected chi connectivity index (χ2v) is 3.37. The minimum absolute atomic E-state index is 0.544. The van der Waals surface area contributed by atoms with Gasteiger partial charge >= 0.3 is 0 Å². The fraction of sp³-hybridized carbons (Fsp3) is 0.250. The molecule has 0 radical (unpaired) electrons. The molecule has 2 heteroatoms. The lowest BCUT2D eigenvalue weighted by Gasteiger charge is -2.05. The third-order valence-corrected chi connectivity index (χ3v) is 2.08. The summed E-state index contributed by atoms with van der Waals surface area (Å²) in [6.07, 6.45) is 3.61. The van der Waals surface area contributed by atoms with Gasteiger partial charge in [0, 0.05) is 12.7 Å². The fourth-order valence-electron chi connectivity index (χ4n) is 1.31. The smallest absolute Gasteiger partial charge is 0.0704 e. The van der Waals surface area contributed by atoms with Gasteiger partial charge < -0.3 is 5.73 Å². The van der Waals surface area contributed by atoms with Crippen molar-refractivity contribution >= 4 is 5.57 Å². The predicted molar refractivity (Wildman–Crippen MR) is 60.6 cm³/mol. The maximum absolute atomic E-state index is 5.57. The molecule has 1 aromatic heterocycles. The van der Waals surface area contributed by atoms with Crippen molar-refractivity contribution in [3.8, 4) is 0 Å². The third-order valence-electron chi connectivity index (χ3n) is 2.08. The lowest BCUT2D eigenvalue weighted by molar-refractivity contribution is 1.05. The van der Waals surface area contributed by atoms with Crippen molar-refractivity contribution in [3.05, 3.63) is 47.8 Å². The normalized spacial score (nSPS) is 9.64. The van der Waals surface area contributed by atoms with Crippen LogP contribution in [0.25, 0.3) is 5.57 Å². The molecule has 2 N–H and O–H groups in total. The Bertz CT molecular complexity index is 360. The summed E-state index contributed by atoms with van der Waals surface area (Å²) in [7, 11) is 0. The molecule has 0 fully saturated rings. The highest BCUT2D eigenvalue weighted by molar-refractivity contribution is 5.73. The van der Waals surface area contributed by atoms with Gasteiger partial charge in [-0.3, -0.25) is 4.98 Å². The van der Waals surface area contributed by atoms with Crippen LogP contribution in [-0.4, -0.2) is 4.98 Å². The van der Waals surface area contributed by atoms with Crippen LogP contribution in [-0.2, 0) is 6.54 Å². The zero-order valence-electron chi connectivity index (χ0n) is 8.75. The molecule has 0 unspecified atom stereocenters. The number of hydrogen-bond acceptors (Lipinski definition) is 2. The maximum atomic E-state index is 5.57. The molecule has 74 valence electrons. The van der Waals surface area contributed by atoms with Crippen molar-refractivity contribution < 1.29 is 0 Å². The highest BCUT2D eigenvalue weighted by Gasteiger charge is 2.01. The molecule has 0 atom stereocenters. The first-order chi connectivity index (χ1) is 6.69. The molecule has 0 spiro atoms. The Labute approximate surface area is 85.2 Å². The Hall–Kier alpha value is -1.41. The number of aromatic nitrogens is 1. The summed E-state index contributed by atoms with van der Waals surface area (Å²) in [4.78, 5) is 4.30. The summed E-state index contributed by atoms with van der Waals surface area (Å²) in [5, 5.41) is 0. The molecule has 2 nitrogen and oxygen atoms in total. The van der Waals surface area contributed by atoms with E-state index in [0.29, 0.717) is 6.54 Å². The van der Waals surface area contributed by atoms with E-state index in [1.807, 2.05) is 32.1 Å². The summed E-state index contributed by atoms with van der Waals surface area (Å²) in [5.41, 5.74) is 9.90. The minimum Gasteiger partial charge on any atom is -0.326 e. The lowest BCUT2D eigenvalue weighted by atomic mass is 10.1. The van der Waals surface area contributed by atoms with Gasteiger partial charge in [0.1, 0.15) is 0 Å². The Morgan fingerprint density at radius 2 is 2.29 bits per heavy atom. The number of allylic oxidation sites excluding steroid dienone is 3. The molecule has 0 saturated carbocycles. The molecule has 0 aliphatic carbocycles. The zero-order valence-corrected chi connectivity index (χ0v) is 8.75. The first-order valence-electron chi connectivity index (χ1n) is 4.64. The van der Waals surface area contributed by atoms with Gasteiger partial charge in [0.05, 0.1) is 5.69 Å². The molecular weight excluding hydrogens is 172 g/mol. The van der Waals surface area contributed by atoms with E-state index in [-0.39, 0.29) is 0 Å². The summed E-state index contributed by atoms with van der Waals surface area (Å²) in [6.45, 7) is 8.43. The number of rotatable bonds is 3. The van der Waals surface area contributed by atoms with E-state index in [1.54, 1.807) is 6.20 Å². The summed E-state index contributed by atoms with van der Waals surface area (Å²) >= 11 is 0. The second kappa shape index (κ2) is 4.72. The number of nitrogens with zero attached hydrogens (tertiary/aromatic N) is 1. The van der Waals surface area contributed by atoms with Gasteiger partial charge in [-0.2, -0.15) is 0 Å². The van der Waals surface area contributed by atoms with Crippen molar-refractivity contribution in [3.63, 3.8) is 0 Å². The second-order valence-electron chi connectivity index (χ2n) is 3.37. The molecule has 0 aliphatic rings. The Kier molecular flexibility index (Phi) is 3.60. The van der Waals surface area contributed by atoms with Crippen molar-refractivity contribution in [2.45, 2.75) is 20.4 Å². The number of pyridine rings is 1. The largest absolute Gasteiger partial charge is 0.326 e. The van der Waals surface area contributed by atoms with Crippen LogP contribution in [0, 0.1) is 0 Å². The molecule has 1 heterocycles. The molecule has 0 bridgehead atoms. The van der Waals surface area contributed by atoms with Gasteiger partial charge in [-0.25, -0.2) is 0 Å². The Morgan fingerprint density at radius 1 is 1.57 bits per heavy atom. The molecule has 1 rings (SSSR count). The Morgan fingerprint density at radius 3 is 2.79 bits per heavy atom. The van der Waals surface area contributed by atoms with Crippen molar-refractivity contribution in [1.29, 1.82) is 0 Å². The van der Waals surface area contributed by atoms with E-state index in [2.05, 4.69) is 11.6 Å². The fourth-order valence-corrected chi connectivity index (χ4v) is 1.31. The molecular formula is C12H16N2. The quantitative estimate of drug-likeness (QED) is 0.740. The standard InChI is InChI=1S/C12H16N2/c1-4-11(9(2)3)12-7-10(8-13)5-6-14-12/h4-7H,1,8,13H2,2-3H3. The third kappa shape index (κ3) is 2.30. The monoisotopic (exact) mass is 188 g/mol. The maximum Gasteiger partial charge on any atom is 0.0704 e. The van der Waals surface area contributed by atoms with Crippen LogP contribution in [0.3, 0.4) is 0 Å². The van der Waals surface area contributed by atoms with Crippen LogP contribution in [0.4, 0.5) is 0 Å². The SMILES string of the molecule is C=CC(=C(C)C)c1cc(CN)ccn1. The Balaban J connectivity index is 3.18. The van der Waals surface area contributed by atoms with Crippen LogP contribution in [0.2, 0.25) is 0 Å². The lowest BCUT2D eigenvalue weighted by Crippen LogP contribution is -1.98. The van der Waals surface area contributed by atoms with E-state index >= 15 is 0 Å². The van der Waals surface area contributed by atoms with E-state index in [1.165, 1.54) is 5.57 Å². The van der Waals surface area contributed by atoms with Gasteiger partial charge in [0.25, 0.3) is 0 Å². The first kappa shape index (κ1) is 10.7. The minimum atomic E-state index is 0.544. The summed E-state index contributed by atoms with van der Waals surface area (Å²) in [5.74, 6) is 0. The average Bonchev–Trinajstić information content (AvgIpc) is 2.19. The van der Waals surface area contributed by atoms with Crippen LogP contribution in [0.5, 0.6) is 0 Å². The van der Waals surface area contributed by atoms with E-state index in [0.717, 1.165) is 16.8 Å². The van der Waals surface area contributed by atoms with Gasteiger partial charge in [0.15, 0.2) is 0 Å². The van der Waals surface area contributed by atoms with E-state index in [9.17, 15) is 0 Å². The van der Waals surface area contributed by atoms with E-state index in [4.69, 9.17) is 5.73 Å². The van der Waals surface area contributed by atoms with E-state index < -0.39 is 0 Å². The van der Waals surface area contributed by atoms with Crippen molar-refractivity contribution in [2.75, 3.05) is 0 Å². The molecule has 14 heavy (non-hydrogen) atoms. The summed E-state index contributed by atoms with van der Waals surface area (Å²) < 4.78 is 0. The molecule has 0 aromatic carbocycles. The van der Waals surface area contributed by atoms with Gasteiger partial charge in [-0.1, -0.05) is 18.2 Å². The van der Waals surface area contributed by atoms with Crippen molar-refractivity contribution in [2.24, 2.45) is 5.73 Å². The van der Waals surface area contributed by atoms with Crippen LogP contribution in [0.15, 0.2) is 36.6 Å². The highest BCUT2D eigenvalue weighted by Crippen LogP contribution is 2.18. The zero-order chi connectivity index (χ0) is 10.6. The molecule has 1 aromatic rings. The van der Waals surface area contributed by atoms with Crippen LogP contribution >= 0.6 is 0 Å². The first-order valence-corrected chi connectivity index (χ1v) is 4.64. The van der Waals surface area contributed by atoms with Crippen LogP contribution in [0.1, 0.15) is 25.1 Å². The molecule has 0 aliphatic heterocycles. The summed E-state index contributed by atoms with van der Waals surface area (Å²) in [6, 6.07) is 3.93. The van der Waals surface area contributed by atoms with Crippen molar-refractivity contribution in [1.82, 2.24) is 4.98 Å². The molecule has 0 saturated heterocycles. The topological polar surface area (TPSA) is 38.9 Å². The van der Waals surface area contributed by atoms with Gasteiger partial charge in [-0.05, 0) is 37.1 Å². The average molecular weight is 188 g/mol. The number of hydrogen-bond donors (Lipinski definition) is 1. The predicted octanol–water partition coefficient (Wildman–Crippen LogP) is 2.52. The molecule has 0 amide bonds. The highest BCUT2D eigenvalue weighted by atomic mass is 14.7. The van der Waals surface area contributed by atoms with Gasteiger partial charge in [0.2, 0.25) is 0 Å².